The van der Waals surface area contributed by atoms with E-state index in [9.17, 15) is 4.79 Å². The van der Waals surface area contributed by atoms with E-state index in [0.717, 1.165) is 28.4 Å². The van der Waals surface area contributed by atoms with Gasteiger partial charge in [-0.3, -0.25) is 4.79 Å². The molecule has 2 nitrogen and oxygen atoms in total. The number of hydrogen-bond donors (Lipinski definition) is 0. The molecule has 0 radical (unpaired) electrons. The van der Waals surface area contributed by atoms with E-state index in [0.29, 0.717) is 12.2 Å². The number of ketones is 1. The van der Waals surface area contributed by atoms with Crippen molar-refractivity contribution in [2.24, 2.45) is 0 Å². The molecule has 0 amide bonds. The van der Waals surface area contributed by atoms with Gasteiger partial charge < -0.3 is 0 Å². The highest BCUT2D eigenvalue weighted by Crippen LogP contribution is 2.28. The number of thioether (sulfide) groups is 1. The van der Waals surface area contributed by atoms with Crippen LogP contribution in [0.2, 0.25) is 0 Å². The summed E-state index contributed by atoms with van der Waals surface area (Å²) < 4.78 is 0. The van der Waals surface area contributed by atoms with Gasteiger partial charge in [-0.15, -0.1) is 11.3 Å². The fourth-order valence-electron chi connectivity index (χ4n) is 2.39. The first-order valence-corrected chi connectivity index (χ1v) is 8.90. The molecule has 0 spiro atoms. The third kappa shape index (κ3) is 3.30. The molecule has 2 heterocycles. The van der Waals surface area contributed by atoms with Crippen LogP contribution in [0, 0.1) is 0 Å². The summed E-state index contributed by atoms with van der Waals surface area (Å²) in [4.78, 5) is 16.9. The molecule has 1 unspecified atom stereocenters. The summed E-state index contributed by atoms with van der Waals surface area (Å²) in [6.45, 7) is 0. The molecule has 1 saturated heterocycles. The van der Waals surface area contributed by atoms with Gasteiger partial charge in [-0.1, -0.05) is 36.8 Å². The second kappa shape index (κ2) is 6.55. The summed E-state index contributed by atoms with van der Waals surface area (Å²) >= 11 is 3.42. The normalized spacial score (nSPS) is 18.9. The lowest BCUT2D eigenvalue weighted by Crippen LogP contribution is -2.22. The molecular weight excluding hydrogens is 286 g/mol. The molecule has 1 aliphatic heterocycles. The largest absolute Gasteiger partial charge is 0.298 e. The molecule has 3 rings (SSSR count). The minimum Gasteiger partial charge on any atom is -0.298 e. The summed E-state index contributed by atoms with van der Waals surface area (Å²) in [6.07, 6.45) is 3.98. The van der Waals surface area contributed by atoms with Crippen LogP contribution in [0.5, 0.6) is 0 Å². The zero-order chi connectivity index (χ0) is 13.8. The van der Waals surface area contributed by atoms with E-state index >= 15 is 0 Å². The van der Waals surface area contributed by atoms with E-state index in [1.165, 1.54) is 12.8 Å². The van der Waals surface area contributed by atoms with E-state index in [1.807, 2.05) is 35.3 Å². The smallest absolute Gasteiger partial charge is 0.152 e. The summed E-state index contributed by atoms with van der Waals surface area (Å²) in [7, 11) is 0. The van der Waals surface area contributed by atoms with Crippen molar-refractivity contribution in [3.05, 3.63) is 40.7 Å². The highest BCUT2D eigenvalue weighted by Gasteiger charge is 2.22. The predicted octanol–water partition coefficient (Wildman–Crippen LogP) is 4.21. The number of carbonyl (C=O) groups excluding carboxylic acids is 1. The standard InChI is InChI=1S/C16H17NOS2/c18-14(15-8-4-5-9-19-15)10-16-17-13(11-20-16)12-6-2-1-3-7-12/h1-3,6-7,11,15H,4-5,8-10H2. The highest BCUT2D eigenvalue weighted by molar-refractivity contribution is 8.00. The van der Waals surface area contributed by atoms with E-state index in [2.05, 4.69) is 17.1 Å². The molecule has 0 saturated carbocycles. The van der Waals surface area contributed by atoms with Crippen LogP contribution < -0.4 is 0 Å². The third-order valence-electron chi connectivity index (χ3n) is 3.49. The minimum atomic E-state index is 0.202. The minimum absolute atomic E-state index is 0.202. The lowest BCUT2D eigenvalue weighted by Gasteiger charge is -2.19. The molecule has 1 aliphatic rings. The zero-order valence-corrected chi connectivity index (χ0v) is 12.9. The van der Waals surface area contributed by atoms with E-state index in [4.69, 9.17) is 0 Å². The summed E-state index contributed by atoms with van der Waals surface area (Å²) in [5, 5.41) is 3.19. The van der Waals surface area contributed by atoms with Crippen LogP contribution in [0.25, 0.3) is 11.3 Å². The Hall–Kier alpha value is -1.13. The van der Waals surface area contributed by atoms with Gasteiger partial charge in [-0.25, -0.2) is 4.98 Å². The van der Waals surface area contributed by atoms with Crippen LogP contribution in [-0.2, 0) is 11.2 Å². The predicted molar refractivity (Wildman–Crippen MR) is 86.4 cm³/mol. The van der Waals surface area contributed by atoms with Crippen molar-refractivity contribution in [1.29, 1.82) is 0 Å². The van der Waals surface area contributed by atoms with Crippen molar-refractivity contribution in [2.75, 3.05) is 5.75 Å². The molecule has 1 atom stereocenters. The molecule has 4 heteroatoms. The molecule has 1 fully saturated rings. The maximum Gasteiger partial charge on any atom is 0.152 e. The second-order valence-corrected chi connectivity index (χ2v) is 7.24. The van der Waals surface area contributed by atoms with E-state index < -0.39 is 0 Å². The Bertz CT molecular complexity index is 573. The van der Waals surface area contributed by atoms with Gasteiger partial charge >= 0.3 is 0 Å². The van der Waals surface area contributed by atoms with Crippen molar-refractivity contribution in [1.82, 2.24) is 4.98 Å². The Labute approximate surface area is 127 Å². The SMILES string of the molecule is O=C(Cc1nc(-c2ccccc2)cs1)C1CCCCS1. The third-order valence-corrected chi connectivity index (χ3v) is 5.76. The number of aromatic nitrogens is 1. The highest BCUT2D eigenvalue weighted by atomic mass is 32.2. The Kier molecular flexibility index (Phi) is 4.53. The van der Waals surface area contributed by atoms with Crippen molar-refractivity contribution in [2.45, 2.75) is 30.9 Å². The Morgan fingerprint density at radius 3 is 2.85 bits per heavy atom. The average molecular weight is 303 g/mol. The average Bonchev–Trinajstić information content (AvgIpc) is 2.97. The van der Waals surface area contributed by atoms with Gasteiger partial charge in [0.25, 0.3) is 0 Å². The van der Waals surface area contributed by atoms with Crippen molar-refractivity contribution >= 4 is 28.9 Å². The molecule has 20 heavy (non-hydrogen) atoms. The lowest BCUT2D eigenvalue weighted by atomic mass is 10.1. The number of Topliss-reactive ketones (excluding diaryl/α,β-unsaturated/α-hetero) is 1. The Balaban J connectivity index is 1.66. The fourth-order valence-corrected chi connectivity index (χ4v) is 4.46. The van der Waals surface area contributed by atoms with E-state index in [-0.39, 0.29) is 5.25 Å². The van der Waals surface area contributed by atoms with Gasteiger partial charge in [0.05, 0.1) is 17.4 Å². The van der Waals surface area contributed by atoms with Crippen LogP contribution in [0.15, 0.2) is 35.7 Å². The first-order chi connectivity index (χ1) is 9.83. The molecular formula is C16H17NOS2. The Morgan fingerprint density at radius 1 is 1.25 bits per heavy atom. The molecule has 1 aromatic carbocycles. The van der Waals surface area contributed by atoms with Crippen LogP contribution in [0.1, 0.15) is 24.3 Å². The fraction of sp³-hybridized carbons (Fsp3) is 0.375. The first-order valence-electron chi connectivity index (χ1n) is 6.97. The number of rotatable bonds is 4. The number of hydrogen-bond acceptors (Lipinski definition) is 4. The van der Waals surface area contributed by atoms with Crippen molar-refractivity contribution in [3.63, 3.8) is 0 Å². The van der Waals surface area contributed by atoms with Gasteiger partial charge in [0, 0.05) is 10.9 Å². The molecule has 0 aliphatic carbocycles. The van der Waals surface area contributed by atoms with Gasteiger partial charge in [0.15, 0.2) is 5.78 Å². The number of nitrogens with zero attached hydrogens (tertiary/aromatic N) is 1. The summed E-state index contributed by atoms with van der Waals surface area (Å²) in [6, 6.07) is 10.1. The number of benzene rings is 1. The maximum atomic E-state index is 12.3. The van der Waals surface area contributed by atoms with E-state index in [1.54, 1.807) is 11.3 Å². The van der Waals surface area contributed by atoms with Crippen molar-refractivity contribution < 1.29 is 4.79 Å². The summed E-state index contributed by atoms with van der Waals surface area (Å²) in [5.74, 6) is 1.48. The second-order valence-electron chi connectivity index (χ2n) is 4.99. The maximum absolute atomic E-state index is 12.3. The number of carbonyl (C=O) groups is 1. The quantitative estimate of drug-likeness (QED) is 0.847. The zero-order valence-electron chi connectivity index (χ0n) is 11.2. The molecule has 1 aromatic heterocycles. The van der Waals surface area contributed by atoms with Gasteiger partial charge in [0.2, 0.25) is 0 Å². The molecule has 0 N–H and O–H groups in total. The van der Waals surface area contributed by atoms with Crippen LogP contribution in [-0.4, -0.2) is 21.8 Å². The van der Waals surface area contributed by atoms with Gasteiger partial charge in [-0.05, 0) is 18.6 Å². The Morgan fingerprint density at radius 2 is 2.10 bits per heavy atom. The van der Waals surface area contributed by atoms with Crippen LogP contribution >= 0.6 is 23.1 Å². The van der Waals surface area contributed by atoms with Crippen LogP contribution in [0.4, 0.5) is 0 Å². The van der Waals surface area contributed by atoms with Crippen LogP contribution in [0.3, 0.4) is 0 Å². The van der Waals surface area contributed by atoms with Crippen molar-refractivity contribution in [3.8, 4) is 11.3 Å². The molecule has 104 valence electrons. The first kappa shape index (κ1) is 13.8. The van der Waals surface area contributed by atoms with Gasteiger partial charge in [0.1, 0.15) is 5.01 Å². The van der Waals surface area contributed by atoms with Gasteiger partial charge in [-0.2, -0.15) is 11.8 Å². The molecule has 0 bridgehead atoms. The summed E-state index contributed by atoms with van der Waals surface area (Å²) in [5.41, 5.74) is 2.10. The lowest BCUT2D eigenvalue weighted by molar-refractivity contribution is -0.118. The topological polar surface area (TPSA) is 30.0 Å². The number of thiazole rings is 1. The monoisotopic (exact) mass is 303 g/mol. The molecule has 2 aromatic rings.